The highest BCUT2D eigenvalue weighted by Gasteiger charge is 2.21. The number of amides is 3. The van der Waals surface area contributed by atoms with Gasteiger partial charge >= 0.3 is 6.03 Å². The molecule has 1 aromatic carbocycles. The molecule has 1 rings (SSSR count). The summed E-state index contributed by atoms with van der Waals surface area (Å²) in [6.45, 7) is 6.74. The fourth-order valence-electron chi connectivity index (χ4n) is 1.53. The molecular formula is C14H18ClN3O5. The van der Waals surface area contributed by atoms with Crippen LogP contribution in [0.2, 0.25) is 5.02 Å². The maximum absolute atomic E-state index is 11.9. The van der Waals surface area contributed by atoms with Crippen LogP contribution in [0.4, 0.5) is 10.5 Å². The van der Waals surface area contributed by atoms with Crippen molar-refractivity contribution in [2.24, 2.45) is 0 Å². The van der Waals surface area contributed by atoms with Crippen molar-refractivity contribution in [2.75, 3.05) is 0 Å². The Morgan fingerprint density at radius 3 is 2.43 bits per heavy atom. The smallest absolute Gasteiger partial charge is 0.321 e. The van der Waals surface area contributed by atoms with Crippen molar-refractivity contribution in [1.82, 2.24) is 10.6 Å². The maximum Gasteiger partial charge on any atom is 0.321 e. The molecule has 2 N–H and O–H groups in total. The summed E-state index contributed by atoms with van der Waals surface area (Å²) in [6, 6.07) is 2.97. The van der Waals surface area contributed by atoms with E-state index >= 15 is 0 Å². The Hall–Kier alpha value is -2.35. The van der Waals surface area contributed by atoms with Gasteiger partial charge in [-0.2, -0.15) is 0 Å². The Kier molecular flexibility index (Phi) is 5.91. The topological polar surface area (TPSA) is 111 Å². The van der Waals surface area contributed by atoms with Crippen molar-refractivity contribution in [1.29, 1.82) is 0 Å². The standard InChI is InChI=1S/C14H18ClN3O5/c1-8(12(19)16-13(20)17-14(2,3)4)23-11-6-5-9(18(21)22)7-10(11)15/h5-8H,1-4H3,(H2,16,17,19,20). The molecule has 126 valence electrons. The summed E-state index contributed by atoms with van der Waals surface area (Å²) in [5.74, 6) is -0.558. The van der Waals surface area contributed by atoms with Gasteiger partial charge in [-0.05, 0) is 33.8 Å². The number of imide groups is 1. The number of benzene rings is 1. The first kappa shape index (κ1) is 18.7. The molecule has 3 amide bonds. The molecule has 0 saturated heterocycles. The summed E-state index contributed by atoms with van der Waals surface area (Å²) in [7, 11) is 0. The molecule has 0 bridgehead atoms. The molecule has 0 heterocycles. The van der Waals surface area contributed by atoms with Crippen molar-refractivity contribution in [2.45, 2.75) is 39.3 Å². The predicted octanol–water partition coefficient (Wildman–Crippen LogP) is 2.64. The molecule has 0 aromatic heterocycles. The lowest BCUT2D eigenvalue weighted by Crippen LogP contribution is -2.50. The zero-order valence-corrected chi connectivity index (χ0v) is 13.9. The van der Waals surface area contributed by atoms with Gasteiger partial charge in [0.2, 0.25) is 0 Å². The van der Waals surface area contributed by atoms with E-state index in [0.29, 0.717) is 0 Å². The fraction of sp³-hybridized carbons (Fsp3) is 0.429. The first-order valence-electron chi connectivity index (χ1n) is 6.73. The largest absolute Gasteiger partial charge is 0.479 e. The average molecular weight is 344 g/mol. The number of urea groups is 1. The number of carbonyl (C=O) groups excluding carboxylic acids is 2. The lowest BCUT2D eigenvalue weighted by Gasteiger charge is -2.21. The molecule has 0 aliphatic rings. The Bertz CT molecular complexity index is 627. The van der Waals surface area contributed by atoms with Crippen LogP contribution in [0.25, 0.3) is 0 Å². The Labute approximate surface area is 138 Å². The van der Waals surface area contributed by atoms with Gasteiger partial charge in [0.15, 0.2) is 6.10 Å². The highest BCUT2D eigenvalue weighted by Crippen LogP contribution is 2.29. The minimum atomic E-state index is -1.01. The summed E-state index contributed by atoms with van der Waals surface area (Å²) in [5.41, 5.74) is -0.681. The molecular weight excluding hydrogens is 326 g/mol. The molecule has 0 aliphatic heterocycles. The number of nitro benzene ring substituents is 1. The van der Waals surface area contributed by atoms with Crippen LogP contribution < -0.4 is 15.4 Å². The number of nitro groups is 1. The number of nitrogens with zero attached hydrogens (tertiary/aromatic N) is 1. The summed E-state index contributed by atoms with van der Waals surface area (Å²) in [4.78, 5) is 33.5. The van der Waals surface area contributed by atoms with E-state index < -0.39 is 28.5 Å². The third kappa shape index (κ3) is 6.11. The normalized spacial score (nSPS) is 12.2. The van der Waals surface area contributed by atoms with Crippen molar-refractivity contribution in [3.05, 3.63) is 33.3 Å². The number of hydrogen-bond acceptors (Lipinski definition) is 5. The van der Waals surface area contributed by atoms with E-state index in [2.05, 4.69) is 10.6 Å². The highest BCUT2D eigenvalue weighted by molar-refractivity contribution is 6.32. The van der Waals surface area contributed by atoms with E-state index in [-0.39, 0.29) is 16.5 Å². The summed E-state index contributed by atoms with van der Waals surface area (Å²) in [6.07, 6.45) is -1.01. The van der Waals surface area contributed by atoms with Crippen LogP contribution in [0.3, 0.4) is 0 Å². The van der Waals surface area contributed by atoms with Gasteiger partial charge in [-0.15, -0.1) is 0 Å². The first-order chi connectivity index (χ1) is 10.5. The third-order valence-corrected chi connectivity index (χ3v) is 2.82. The van der Waals surface area contributed by atoms with E-state index in [1.165, 1.54) is 19.1 Å². The molecule has 0 saturated carbocycles. The second-order valence-corrected chi connectivity index (χ2v) is 6.23. The van der Waals surface area contributed by atoms with E-state index in [0.717, 1.165) is 6.07 Å². The van der Waals surface area contributed by atoms with Gasteiger partial charge < -0.3 is 10.1 Å². The number of rotatable bonds is 4. The van der Waals surface area contributed by atoms with Crippen LogP contribution in [0.15, 0.2) is 18.2 Å². The predicted molar refractivity (Wildman–Crippen MR) is 84.6 cm³/mol. The zero-order chi connectivity index (χ0) is 17.8. The van der Waals surface area contributed by atoms with Crippen LogP contribution in [0.5, 0.6) is 5.75 Å². The van der Waals surface area contributed by atoms with E-state index in [1.54, 1.807) is 20.8 Å². The van der Waals surface area contributed by atoms with Crippen molar-refractivity contribution >= 4 is 29.2 Å². The van der Waals surface area contributed by atoms with Crippen molar-refractivity contribution < 1.29 is 19.2 Å². The molecule has 0 fully saturated rings. The van der Waals surface area contributed by atoms with E-state index in [4.69, 9.17) is 16.3 Å². The molecule has 1 aromatic rings. The number of hydrogen-bond donors (Lipinski definition) is 2. The molecule has 0 spiro atoms. The minimum Gasteiger partial charge on any atom is -0.479 e. The van der Waals surface area contributed by atoms with Crippen LogP contribution in [0.1, 0.15) is 27.7 Å². The number of halogens is 1. The Balaban J connectivity index is 2.68. The van der Waals surface area contributed by atoms with Crippen LogP contribution >= 0.6 is 11.6 Å². The Morgan fingerprint density at radius 1 is 1.35 bits per heavy atom. The molecule has 0 aliphatic carbocycles. The molecule has 9 heteroatoms. The summed E-state index contributed by atoms with van der Waals surface area (Å²) >= 11 is 5.87. The van der Waals surface area contributed by atoms with Crippen LogP contribution in [0, 0.1) is 10.1 Å². The highest BCUT2D eigenvalue weighted by atomic mass is 35.5. The van der Waals surface area contributed by atoms with Gasteiger partial charge in [-0.25, -0.2) is 4.79 Å². The molecule has 23 heavy (non-hydrogen) atoms. The van der Waals surface area contributed by atoms with Gasteiger partial charge in [0.1, 0.15) is 5.75 Å². The minimum absolute atomic E-state index is 0.00186. The molecule has 1 unspecified atom stereocenters. The van der Waals surface area contributed by atoms with E-state index in [1.807, 2.05) is 0 Å². The fourth-order valence-corrected chi connectivity index (χ4v) is 1.75. The Morgan fingerprint density at radius 2 is 1.96 bits per heavy atom. The van der Waals surface area contributed by atoms with Crippen molar-refractivity contribution in [3.63, 3.8) is 0 Å². The lowest BCUT2D eigenvalue weighted by atomic mass is 10.1. The molecule has 1 atom stereocenters. The SMILES string of the molecule is CC(Oc1ccc([N+](=O)[O-])cc1Cl)C(=O)NC(=O)NC(C)(C)C. The number of carbonyl (C=O) groups is 2. The number of ether oxygens (including phenoxy) is 1. The van der Waals surface area contributed by atoms with Gasteiger partial charge in [-0.1, -0.05) is 11.6 Å². The van der Waals surface area contributed by atoms with Gasteiger partial charge in [0.05, 0.1) is 9.95 Å². The number of non-ortho nitro benzene ring substituents is 1. The second-order valence-electron chi connectivity index (χ2n) is 5.83. The summed E-state index contributed by atoms with van der Waals surface area (Å²) in [5, 5.41) is 15.3. The number of nitrogens with one attached hydrogen (secondary N) is 2. The molecule has 8 nitrogen and oxygen atoms in total. The van der Waals surface area contributed by atoms with Crippen LogP contribution in [-0.4, -0.2) is 28.5 Å². The van der Waals surface area contributed by atoms with Crippen LogP contribution in [-0.2, 0) is 4.79 Å². The lowest BCUT2D eigenvalue weighted by molar-refractivity contribution is -0.384. The van der Waals surface area contributed by atoms with Gasteiger partial charge in [0.25, 0.3) is 11.6 Å². The van der Waals surface area contributed by atoms with Crippen molar-refractivity contribution in [3.8, 4) is 5.75 Å². The maximum atomic E-state index is 11.9. The third-order valence-electron chi connectivity index (χ3n) is 2.52. The summed E-state index contributed by atoms with van der Waals surface area (Å²) < 4.78 is 5.33. The second kappa shape index (κ2) is 7.28. The van der Waals surface area contributed by atoms with Gasteiger partial charge in [0, 0.05) is 17.7 Å². The quantitative estimate of drug-likeness (QED) is 0.645. The first-order valence-corrected chi connectivity index (χ1v) is 7.11. The zero-order valence-electron chi connectivity index (χ0n) is 13.2. The average Bonchev–Trinajstić information content (AvgIpc) is 2.38. The molecule has 0 radical (unpaired) electrons. The van der Waals surface area contributed by atoms with E-state index in [9.17, 15) is 19.7 Å². The van der Waals surface area contributed by atoms with Gasteiger partial charge in [-0.3, -0.25) is 20.2 Å². The monoisotopic (exact) mass is 343 g/mol.